The Morgan fingerprint density at radius 1 is 1.30 bits per heavy atom. The number of rotatable bonds is 3. The van der Waals surface area contributed by atoms with Crippen molar-refractivity contribution < 1.29 is 4.79 Å². The van der Waals surface area contributed by atoms with Gasteiger partial charge in [-0.05, 0) is 44.4 Å². The highest BCUT2D eigenvalue weighted by Gasteiger charge is 2.38. The van der Waals surface area contributed by atoms with E-state index in [9.17, 15) is 4.79 Å². The molecule has 1 aromatic carbocycles. The summed E-state index contributed by atoms with van der Waals surface area (Å²) in [6.07, 6.45) is 7.70. The summed E-state index contributed by atoms with van der Waals surface area (Å²) < 4.78 is 0. The number of carbonyl (C=O) groups excluding carboxylic acids is 1. The van der Waals surface area contributed by atoms with E-state index in [0.29, 0.717) is 17.9 Å². The van der Waals surface area contributed by atoms with E-state index in [0.717, 1.165) is 24.0 Å². The van der Waals surface area contributed by atoms with E-state index in [2.05, 4.69) is 18.5 Å². The lowest BCUT2D eigenvalue weighted by atomic mass is 9.76. The zero-order valence-electron chi connectivity index (χ0n) is 12.2. The zero-order valence-corrected chi connectivity index (χ0v) is 12.2. The van der Waals surface area contributed by atoms with E-state index < -0.39 is 0 Å². The third kappa shape index (κ3) is 2.45. The first-order valence-electron chi connectivity index (χ1n) is 7.67. The molecule has 106 valence electrons. The molecule has 2 aliphatic rings. The highest BCUT2D eigenvalue weighted by molar-refractivity contribution is 5.98. The Bertz CT molecular complexity index is 508. The molecule has 1 aromatic rings. The van der Waals surface area contributed by atoms with E-state index in [4.69, 9.17) is 0 Å². The van der Waals surface area contributed by atoms with Crippen LogP contribution in [-0.2, 0) is 0 Å². The highest BCUT2D eigenvalue weighted by Crippen LogP contribution is 2.37. The predicted octanol–water partition coefficient (Wildman–Crippen LogP) is 3.78. The molecule has 2 fully saturated rings. The summed E-state index contributed by atoms with van der Waals surface area (Å²) in [6.45, 7) is 3.78. The maximum atomic E-state index is 12.8. The topological polar surface area (TPSA) is 20.3 Å². The Morgan fingerprint density at radius 3 is 2.65 bits per heavy atom. The standard InChI is InChI=1S/C18H23NO/c1-3-13-6-4-7-14(10-13)18(20)15-11-16-8-5-9-17(12-15)19(16)2/h3-4,6-7,10,15-17H,1,5,8-9,11-12H2,2H3. The summed E-state index contributed by atoms with van der Waals surface area (Å²) in [5, 5.41) is 0. The monoisotopic (exact) mass is 269 g/mol. The van der Waals surface area contributed by atoms with Gasteiger partial charge in [0.15, 0.2) is 5.78 Å². The third-order valence-electron chi connectivity index (χ3n) is 5.12. The number of piperidine rings is 2. The second kappa shape index (κ2) is 5.53. The van der Waals surface area contributed by atoms with Gasteiger partial charge in [-0.25, -0.2) is 0 Å². The van der Waals surface area contributed by atoms with Crippen molar-refractivity contribution in [2.75, 3.05) is 7.05 Å². The van der Waals surface area contributed by atoms with Gasteiger partial charge in [0, 0.05) is 23.6 Å². The van der Waals surface area contributed by atoms with Gasteiger partial charge >= 0.3 is 0 Å². The summed E-state index contributed by atoms with van der Waals surface area (Å²) in [5.41, 5.74) is 1.89. The number of benzene rings is 1. The Kier molecular flexibility index (Phi) is 3.75. The molecule has 20 heavy (non-hydrogen) atoms. The molecule has 2 heteroatoms. The van der Waals surface area contributed by atoms with Crippen LogP contribution in [-0.4, -0.2) is 29.8 Å². The van der Waals surface area contributed by atoms with Crippen LogP contribution < -0.4 is 0 Å². The molecule has 0 N–H and O–H groups in total. The molecule has 0 aliphatic carbocycles. The first-order valence-corrected chi connectivity index (χ1v) is 7.67. The van der Waals surface area contributed by atoms with E-state index in [1.807, 2.05) is 24.3 Å². The molecule has 0 saturated carbocycles. The van der Waals surface area contributed by atoms with Gasteiger partial charge in [0.05, 0.1) is 0 Å². The SMILES string of the molecule is C=Cc1cccc(C(=O)C2CC3CCCC(C2)N3C)c1. The molecule has 2 bridgehead atoms. The van der Waals surface area contributed by atoms with Gasteiger partial charge in [-0.3, -0.25) is 4.79 Å². The zero-order chi connectivity index (χ0) is 14.1. The maximum absolute atomic E-state index is 12.8. The Labute approximate surface area is 121 Å². The van der Waals surface area contributed by atoms with Crippen LogP contribution in [0.1, 0.15) is 48.0 Å². The number of Topliss-reactive ketones (excluding diaryl/α,β-unsaturated/α-hetero) is 1. The fourth-order valence-electron chi connectivity index (χ4n) is 3.88. The molecule has 0 spiro atoms. The average molecular weight is 269 g/mol. The molecule has 2 heterocycles. The molecule has 2 aliphatic heterocycles. The lowest BCUT2D eigenvalue weighted by molar-refractivity contribution is 0.0338. The lowest BCUT2D eigenvalue weighted by Gasteiger charge is -2.46. The van der Waals surface area contributed by atoms with Crippen LogP contribution in [0.4, 0.5) is 0 Å². The van der Waals surface area contributed by atoms with Gasteiger partial charge in [0.25, 0.3) is 0 Å². The highest BCUT2D eigenvalue weighted by atomic mass is 16.1. The van der Waals surface area contributed by atoms with Gasteiger partial charge in [-0.1, -0.05) is 37.3 Å². The van der Waals surface area contributed by atoms with Crippen LogP contribution in [0, 0.1) is 5.92 Å². The van der Waals surface area contributed by atoms with Crippen molar-refractivity contribution in [2.24, 2.45) is 5.92 Å². The Hall–Kier alpha value is -1.41. The summed E-state index contributed by atoms with van der Waals surface area (Å²) in [5.74, 6) is 0.542. The van der Waals surface area contributed by atoms with E-state index in [1.165, 1.54) is 19.3 Å². The van der Waals surface area contributed by atoms with Crippen molar-refractivity contribution in [1.82, 2.24) is 4.90 Å². The fourth-order valence-corrected chi connectivity index (χ4v) is 3.88. The summed E-state index contributed by atoms with van der Waals surface area (Å²) >= 11 is 0. The lowest BCUT2D eigenvalue weighted by Crippen LogP contribution is -2.51. The number of hydrogen-bond acceptors (Lipinski definition) is 2. The largest absolute Gasteiger partial charge is 0.300 e. The van der Waals surface area contributed by atoms with Crippen molar-refractivity contribution in [3.63, 3.8) is 0 Å². The van der Waals surface area contributed by atoms with Crippen LogP contribution in [0.15, 0.2) is 30.8 Å². The van der Waals surface area contributed by atoms with Crippen LogP contribution in [0.25, 0.3) is 6.08 Å². The number of carbonyl (C=O) groups is 1. The maximum Gasteiger partial charge on any atom is 0.166 e. The van der Waals surface area contributed by atoms with Crippen molar-refractivity contribution in [2.45, 2.75) is 44.2 Å². The smallest absolute Gasteiger partial charge is 0.166 e. The van der Waals surface area contributed by atoms with Gasteiger partial charge < -0.3 is 4.90 Å². The molecule has 0 aromatic heterocycles. The molecule has 2 unspecified atom stereocenters. The Morgan fingerprint density at radius 2 is 2.00 bits per heavy atom. The normalized spacial score (nSPS) is 29.9. The van der Waals surface area contributed by atoms with Crippen molar-refractivity contribution in [3.05, 3.63) is 42.0 Å². The van der Waals surface area contributed by atoms with Gasteiger partial charge in [-0.15, -0.1) is 0 Å². The van der Waals surface area contributed by atoms with Crippen molar-refractivity contribution in [3.8, 4) is 0 Å². The first kappa shape index (κ1) is 13.6. The average Bonchev–Trinajstić information content (AvgIpc) is 2.46. The minimum Gasteiger partial charge on any atom is -0.300 e. The van der Waals surface area contributed by atoms with Gasteiger partial charge in [0.2, 0.25) is 0 Å². The number of ketones is 1. The quantitative estimate of drug-likeness (QED) is 0.778. The Balaban J connectivity index is 1.79. The van der Waals surface area contributed by atoms with Crippen LogP contribution in [0.5, 0.6) is 0 Å². The molecule has 3 rings (SSSR count). The van der Waals surface area contributed by atoms with Gasteiger partial charge in [-0.2, -0.15) is 0 Å². The molecule has 2 saturated heterocycles. The molecular formula is C18H23NO. The molecule has 2 nitrogen and oxygen atoms in total. The van der Waals surface area contributed by atoms with E-state index in [1.54, 1.807) is 6.08 Å². The molecule has 0 radical (unpaired) electrons. The molecular weight excluding hydrogens is 246 g/mol. The van der Waals surface area contributed by atoms with Crippen molar-refractivity contribution in [1.29, 1.82) is 0 Å². The summed E-state index contributed by atoms with van der Waals surface area (Å²) in [6, 6.07) is 9.10. The van der Waals surface area contributed by atoms with Crippen molar-refractivity contribution >= 4 is 11.9 Å². The van der Waals surface area contributed by atoms with E-state index in [-0.39, 0.29) is 5.92 Å². The first-order chi connectivity index (χ1) is 9.69. The van der Waals surface area contributed by atoms with Crippen LogP contribution >= 0.6 is 0 Å². The minimum absolute atomic E-state index is 0.210. The van der Waals surface area contributed by atoms with Crippen LogP contribution in [0.3, 0.4) is 0 Å². The fraction of sp³-hybridized carbons (Fsp3) is 0.500. The van der Waals surface area contributed by atoms with Gasteiger partial charge in [0.1, 0.15) is 0 Å². The molecule has 0 amide bonds. The summed E-state index contributed by atoms with van der Waals surface area (Å²) in [4.78, 5) is 15.3. The minimum atomic E-state index is 0.210. The van der Waals surface area contributed by atoms with Crippen LogP contribution in [0.2, 0.25) is 0 Å². The second-order valence-electron chi connectivity index (χ2n) is 6.27. The summed E-state index contributed by atoms with van der Waals surface area (Å²) in [7, 11) is 2.23. The number of fused-ring (bicyclic) bond motifs is 2. The third-order valence-corrected chi connectivity index (χ3v) is 5.12. The number of hydrogen-bond donors (Lipinski definition) is 0. The van der Waals surface area contributed by atoms with E-state index >= 15 is 0 Å². The number of nitrogens with zero attached hydrogens (tertiary/aromatic N) is 1. The second-order valence-corrected chi connectivity index (χ2v) is 6.27. The predicted molar refractivity (Wildman–Crippen MR) is 82.8 cm³/mol. The molecule has 2 atom stereocenters.